The average molecular weight is 375 g/mol. The third kappa shape index (κ3) is 3.18. The summed E-state index contributed by atoms with van der Waals surface area (Å²) in [6, 6.07) is 3.74. The van der Waals surface area contributed by atoms with Crippen LogP contribution in [0.5, 0.6) is 0 Å². The Bertz CT molecular complexity index is 689. The van der Waals surface area contributed by atoms with Crippen LogP contribution >= 0.6 is 11.3 Å². The number of piperazine rings is 1. The summed E-state index contributed by atoms with van der Waals surface area (Å²) in [5.74, 6) is 0.0995. The number of imide groups is 1. The summed E-state index contributed by atoms with van der Waals surface area (Å²) in [7, 11) is 0. The van der Waals surface area contributed by atoms with Crippen LogP contribution in [0.2, 0.25) is 0 Å². The van der Waals surface area contributed by atoms with Crippen molar-refractivity contribution < 1.29 is 14.4 Å². The molecule has 4 rings (SSSR count). The number of likely N-dealkylation sites (tertiary alicyclic amines) is 1. The fraction of sp³-hybridized carbons (Fsp3) is 0.632. The van der Waals surface area contributed by atoms with E-state index in [9.17, 15) is 14.4 Å². The zero-order valence-corrected chi connectivity index (χ0v) is 15.8. The first kappa shape index (κ1) is 17.7. The van der Waals surface area contributed by atoms with Gasteiger partial charge in [0.25, 0.3) is 5.91 Å². The molecule has 1 aliphatic carbocycles. The molecule has 3 aliphatic rings. The Balaban J connectivity index is 1.34. The molecule has 7 heteroatoms. The Morgan fingerprint density at radius 1 is 1.08 bits per heavy atom. The maximum atomic E-state index is 12.9. The van der Waals surface area contributed by atoms with Crippen LogP contribution in [0.3, 0.4) is 0 Å². The summed E-state index contributed by atoms with van der Waals surface area (Å²) in [6.07, 6.45) is 5.38. The van der Waals surface area contributed by atoms with Gasteiger partial charge in [0.1, 0.15) is 0 Å². The highest BCUT2D eigenvalue weighted by Gasteiger charge is 2.51. The van der Waals surface area contributed by atoms with E-state index in [0.717, 1.165) is 30.6 Å². The zero-order valence-electron chi connectivity index (χ0n) is 15.0. The SMILES string of the molecule is O=C(c1cccs1)N1CCN(CN2C(=O)CC3(CCCCC3)C2=O)CC1. The minimum absolute atomic E-state index is 0.0195. The molecule has 0 bridgehead atoms. The number of hydrogen-bond acceptors (Lipinski definition) is 5. The van der Waals surface area contributed by atoms with Crippen molar-refractivity contribution in [3.8, 4) is 0 Å². The first-order valence-corrected chi connectivity index (χ1v) is 10.4. The van der Waals surface area contributed by atoms with Gasteiger partial charge in [0, 0.05) is 32.6 Å². The van der Waals surface area contributed by atoms with E-state index in [2.05, 4.69) is 4.90 Å². The molecule has 26 heavy (non-hydrogen) atoms. The molecule has 1 aromatic rings. The number of carbonyl (C=O) groups is 3. The fourth-order valence-electron chi connectivity index (χ4n) is 4.47. The minimum Gasteiger partial charge on any atom is -0.335 e. The van der Waals surface area contributed by atoms with Gasteiger partial charge in [0.05, 0.1) is 17.0 Å². The fourth-order valence-corrected chi connectivity index (χ4v) is 5.16. The van der Waals surface area contributed by atoms with Crippen LogP contribution in [0.25, 0.3) is 0 Å². The molecule has 0 aromatic carbocycles. The Kier molecular flexibility index (Phi) is 4.84. The highest BCUT2D eigenvalue weighted by Crippen LogP contribution is 2.45. The molecule has 2 aliphatic heterocycles. The van der Waals surface area contributed by atoms with E-state index >= 15 is 0 Å². The Morgan fingerprint density at radius 2 is 1.81 bits per heavy atom. The van der Waals surface area contributed by atoms with Crippen LogP contribution in [-0.2, 0) is 9.59 Å². The van der Waals surface area contributed by atoms with Crippen molar-refractivity contribution in [1.29, 1.82) is 0 Å². The molecule has 140 valence electrons. The molecule has 3 fully saturated rings. The summed E-state index contributed by atoms with van der Waals surface area (Å²) in [5, 5.41) is 1.91. The van der Waals surface area contributed by atoms with E-state index < -0.39 is 5.41 Å². The Labute approximate surface area is 157 Å². The van der Waals surface area contributed by atoms with Crippen molar-refractivity contribution in [2.24, 2.45) is 5.41 Å². The molecule has 6 nitrogen and oxygen atoms in total. The highest BCUT2D eigenvalue weighted by molar-refractivity contribution is 7.12. The molecule has 0 radical (unpaired) electrons. The van der Waals surface area contributed by atoms with Gasteiger partial charge >= 0.3 is 0 Å². The van der Waals surface area contributed by atoms with Crippen molar-refractivity contribution in [2.75, 3.05) is 32.8 Å². The molecule has 3 heterocycles. The van der Waals surface area contributed by atoms with Crippen LogP contribution in [0.4, 0.5) is 0 Å². The lowest BCUT2D eigenvalue weighted by atomic mass is 9.73. The number of carbonyl (C=O) groups excluding carboxylic acids is 3. The lowest BCUT2D eigenvalue weighted by molar-refractivity contribution is -0.145. The zero-order chi connectivity index (χ0) is 18.1. The van der Waals surface area contributed by atoms with Gasteiger partial charge in [-0.2, -0.15) is 0 Å². The first-order valence-electron chi connectivity index (χ1n) is 9.49. The van der Waals surface area contributed by atoms with E-state index in [4.69, 9.17) is 0 Å². The van der Waals surface area contributed by atoms with Crippen molar-refractivity contribution >= 4 is 29.1 Å². The van der Waals surface area contributed by atoms with Gasteiger partial charge in [-0.1, -0.05) is 25.3 Å². The quantitative estimate of drug-likeness (QED) is 0.760. The molecule has 0 atom stereocenters. The number of rotatable bonds is 3. The third-order valence-corrected chi connectivity index (χ3v) is 6.89. The molecular formula is C19H25N3O3S. The van der Waals surface area contributed by atoms with Crippen LogP contribution in [0.15, 0.2) is 17.5 Å². The van der Waals surface area contributed by atoms with Crippen molar-refractivity contribution in [1.82, 2.24) is 14.7 Å². The van der Waals surface area contributed by atoms with Crippen LogP contribution < -0.4 is 0 Å². The van der Waals surface area contributed by atoms with Gasteiger partial charge in [-0.25, -0.2) is 0 Å². The van der Waals surface area contributed by atoms with E-state index in [1.54, 1.807) is 0 Å². The number of nitrogens with zero attached hydrogens (tertiary/aromatic N) is 3. The predicted octanol–water partition coefficient (Wildman–Crippen LogP) is 2.17. The van der Waals surface area contributed by atoms with Crippen molar-refractivity contribution in [3.05, 3.63) is 22.4 Å². The monoisotopic (exact) mass is 375 g/mol. The largest absolute Gasteiger partial charge is 0.335 e. The third-order valence-electron chi connectivity index (χ3n) is 6.03. The second-order valence-electron chi connectivity index (χ2n) is 7.67. The van der Waals surface area contributed by atoms with Crippen molar-refractivity contribution in [3.63, 3.8) is 0 Å². The van der Waals surface area contributed by atoms with E-state index in [1.807, 2.05) is 22.4 Å². The normalized spacial score (nSPS) is 23.8. The smallest absolute Gasteiger partial charge is 0.264 e. The Hall–Kier alpha value is -1.73. The molecule has 1 aromatic heterocycles. The second-order valence-corrected chi connectivity index (χ2v) is 8.62. The Morgan fingerprint density at radius 3 is 2.46 bits per heavy atom. The van der Waals surface area contributed by atoms with E-state index in [-0.39, 0.29) is 17.7 Å². The lowest BCUT2D eigenvalue weighted by Crippen LogP contribution is -2.52. The van der Waals surface area contributed by atoms with Gasteiger partial charge in [0.15, 0.2) is 0 Å². The molecular weight excluding hydrogens is 350 g/mol. The second kappa shape index (κ2) is 7.12. The summed E-state index contributed by atoms with van der Waals surface area (Å²) < 4.78 is 0. The maximum absolute atomic E-state index is 12.9. The van der Waals surface area contributed by atoms with E-state index in [1.165, 1.54) is 22.7 Å². The summed E-state index contributed by atoms with van der Waals surface area (Å²) >= 11 is 1.46. The lowest BCUT2D eigenvalue weighted by Gasteiger charge is -2.36. The van der Waals surface area contributed by atoms with Gasteiger partial charge in [-0.3, -0.25) is 24.2 Å². The summed E-state index contributed by atoms with van der Waals surface area (Å²) in [6.45, 7) is 3.04. The molecule has 2 saturated heterocycles. The maximum Gasteiger partial charge on any atom is 0.264 e. The molecule has 0 N–H and O–H groups in total. The van der Waals surface area contributed by atoms with Crippen LogP contribution in [0, 0.1) is 5.41 Å². The molecule has 3 amide bonds. The van der Waals surface area contributed by atoms with Crippen molar-refractivity contribution in [2.45, 2.75) is 38.5 Å². The van der Waals surface area contributed by atoms with E-state index in [0.29, 0.717) is 39.3 Å². The van der Waals surface area contributed by atoms with Crippen LogP contribution in [0.1, 0.15) is 48.2 Å². The summed E-state index contributed by atoms with van der Waals surface area (Å²) in [5.41, 5.74) is -0.410. The topological polar surface area (TPSA) is 60.9 Å². The first-order chi connectivity index (χ1) is 12.6. The van der Waals surface area contributed by atoms with Gasteiger partial charge in [0.2, 0.25) is 11.8 Å². The summed E-state index contributed by atoms with van der Waals surface area (Å²) in [4.78, 5) is 44.0. The van der Waals surface area contributed by atoms with Crippen LogP contribution in [-0.4, -0.2) is 65.3 Å². The number of thiophene rings is 1. The average Bonchev–Trinajstić information content (AvgIpc) is 3.27. The number of amides is 3. The molecule has 1 saturated carbocycles. The number of hydrogen-bond donors (Lipinski definition) is 0. The molecule has 1 spiro atoms. The van der Waals surface area contributed by atoms with Gasteiger partial charge in [-0.15, -0.1) is 11.3 Å². The minimum atomic E-state index is -0.410. The predicted molar refractivity (Wildman–Crippen MR) is 98.7 cm³/mol. The van der Waals surface area contributed by atoms with Gasteiger partial charge < -0.3 is 4.90 Å². The standard InChI is InChI=1S/C19H25N3O3S/c23-16-13-19(6-2-1-3-7-19)18(25)22(16)14-20-8-10-21(11-9-20)17(24)15-5-4-12-26-15/h4-5,12H,1-3,6-11,13-14H2. The molecule has 0 unspecified atom stereocenters. The highest BCUT2D eigenvalue weighted by atomic mass is 32.1. The van der Waals surface area contributed by atoms with Gasteiger partial charge in [-0.05, 0) is 24.3 Å².